The molecule has 0 spiro atoms. The third-order valence-corrected chi connectivity index (χ3v) is 1.39. The average molecular weight is 180 g/mol. The molecule has 4 heteroatoms. The Balaban J connectivity index is 2.29. The summed E-state index contributed by atoms with van der Waals surface area (Å²) in [5, 5.41) is 3.97. The van der Waals surface area contributed by atoms with Gasteiger partial charge < -0.3 is 4.74 Å². The van der Waals surface area contributed by atoms with Crippen molar-refractivity contribution in [2.45, 2.75) is 13.5 Å². The largest absolute Gasteiger partial charge is 0.463 e. The van der Waals surface area contributed by atoms with E-state index < -0.39 is 0 Å². The first kappa shape index (κ1) is 9.51. The van der Waals surface area contributed by atoms with Gasteiger partial charge in [0.1, 0.15) is 0 Å². The van der Waals surface area contributed by atoms with Gasteiger partial charge in [-0.05, 0) is 13.0 Å². The van der Waals surface area contributed by atoms with Gasteiger partial charge in [0.15, 0.2) is 0 Å². The third-order valence-electron chi connectivity index (χ3n) is 1.39. The number of hydrogen-bond acceptors (Lipinski definition) is 3. The topological polar surface area (TPSA) is 44.1 Å². The van der Waals surface area contributed by atoms with Crippen molar-refractivity contribution in [3.8, 4) is 0 Å². The fraction of sp³-hybridized carbons (Fsp3) is 0.333. The molecule has 13 heavy (non-hydrogen) atoms. The lowest BCUT2D eigenvalue weighted by molar-refractivity contribution is -0.137. The Kier molecular flexibility index (Phi) is 3.75. The highest BCUT2D eigenvalue weighted by atomic mass is 16.5. The molecule has 0 aromatic carbocycles. The van der Waals surface area contributed by atoms with Gasteiger partial charge in [-0.15, -0.1) is 0 Å². The number of nitrogens with zero attached hydrogens (tertiary/aromatic N) is 2. The average Bonchev–Trinajstić information content (AvgIpc) is 2.57. The van der Waals surface area contributed by atoms with Crippen molar-refractivity contribution < 1.29 is 9.53 Å². The summed E-state index contributed by atoms with van der Waals surface area (Å²) in [6.07, 6.45) is 6.64. The van der Waals surface area contributed by atoms with Crippen LogP contribution in [0.15, 0.2) is 30.6 Å². The molecule has 70 valence electrons. The van der Waals surface area contributed by atoms with Gasteiger partial charge in [-0.2, -0.15) is 5.10 Å². The van der Waals surface area contributed by atoms with Gasteiger partial charge in [0.25, 0.3) is 0 Å². The minimum absolute atomic E-state index is 0.311. The number of esters is 1. The first-order valence-corrected chi connectivity index (χ1v) is 4.13. The summed E-state index contributed by atoms with van der Waals surface area (Å²) >= 11 is 0. The van der Waals surface area contributed by atoms with Crippen molar-refractivity contribution in [2.24, 2.45) is 0 Å². The first-order valence-electron chi connectivity index (χ1n) is 4.13. The zero-order valence-corrected chi connectivity index (χ0v) is 7.51. The van der Waals surface area contributed by atoms with E-state index in [0.29, 0.717) is 13.2 Å². The Bertz CT molecular complexity index is 278. The number of hydrogen-bond donors (Lipinski definition) is 0. The van der Waals surface area contributed by atoms with E-state index in [2.05, 4.69) is 5.10 Å². The van der Waals surface area contributed by atoms with Crippen LogP contribution in [0.1, 0.15) is 6.92 Å². The predicted octanol–water partition coefficient (Wildman–Crippen LogP) is 1.00. The van der Waals surface area contributed by atoms with Gasteiger partial charge >= 0.3 is 5.97 Å². The second-order valence-electron chi connectivity index (χ2n) is 2.38. The molecule has 0 unspecified atom stereocenters. The highest BCUT2D eigenvalue weighted by Crippen LogP contribution is 1.87. The van der Waals surface area contributed by atoms with Crippen LogP contribution in [-0.4, -0.2) is 22.4 Å². The number of rotatable bonds is 4. The molecule has 0 saturated heterocycles. The van der Waals surface area contributed by atoms with Gasteiger partial charge in [-0.25, -0.2) is 4.79 Å². The summed E-state index contributed by atoms with van der Waals surface area (Å²) in [6.45, 7) is 2.77. The molecule has 1 heterocycles. The molecule has 0 radical (unpaired) electrons. The van der Waals surface area contributed by atoms with E-state index >= 15 is 0 Å². The number of carbonyl (C=O) groups excluding carboxylic acids is 1. The molecule has 1 aromatic rings. The normalized spacial score (nSPS) is 10.5. The third kappa shape index (κ3) is 3.55. The molecule has 1 aromatic heterocycles. The lowest BCUT2D eigenvalue weighted by Gasteiger charge is -1.95. The van der Waals surface area contributed by atoms with Gasteiger partial charge in [0.2, 0.25) is 0 Å². The summed E-state index contributed by atoms with van der Waals surface area (Å²) in [5.74, 6) is -0.311. The van der Waals surface area contributed by atoms with Crippen LogP contribution >= 0.6 is 0 Å². The predicted molar refractivity (Wildman–Crippen MR) is 48.0 cm³/mol. The van der Waals surface area contributed by atoms with Crippen LogP contribution in [0.5, 0.6) is 0 Å². The number of carbonyl (C=O) groups is 1. The van der Waals surface area contributed by atoms with E-state index in [-0.39, 0.29) is 5.97 Å². The Hall–Kier alpha value is -1.58. The molecule has 0 N–H and O–H groups in total. The van der Waals surface area contributed by atoms with Crippen molar-refractivity contribution in [1.29, 1.82) is 0 Å². The zero-order valence-electron chi connectivity index (χ0n) is 7.51. The van der Waals surface area contributed by atoms with E-state index in [1.54, 1.807) is 23.9 Å². The number of ether oxygens (including phenoxy) is 1. The Morgan fingerprint density at radius 3 is 3.15 bits per heavy atom. The van der Waals surface area contributed by atoms with E-state index in [0.717, 1.165) is 0 Å². The molecule has 0 amide bonds. The van der Waals surface area contributed by atoms with Crippen molar-refractivity contribution in [3.63, 3.8) is 0 Å². The van der Waals surface area contributed by atoms with Gasteiger partial charge in [-0.3, -0.25) is 4.68 Å². The number of aromatic nitrogens is 2. The van der Waals surface area contributed by atoms with Gasteiger partial charge in [0.05, 0.1) is 13.2 Å². The molecule has 0 aliphatic heterocycles. The van der Waals surface area contributed by atoms with Crippen molar-refractivity contribution in [1.82, 2.24) is 9.78 Å². The first-order chi connectivity index (χ1) is 6.33. The molecule has 0 saturated carbocycles. The van der Waals surface area contributed by atoms with Crippen molar-refractivity contribution in [3.05, 3.63) is 30.6 Å². The maximum Gasteiger partial charge on any atom is 0.330 e. The monoisotopic (exact) mass is 180 g/mol. The fourth-order valence-corrected chi connectivity index (χ4v) is 0.856. The summed E-state index contributed by atoms with van der Waals surface area (Å²) in [5.41, 5.74) is 0. The van der Waals surface area contributed by atoms with Gasteiger partial charge in [0, 0.05) is 18.5 Å². The Morgan fingerprint density at radius 2 is 2.54 bits per heavy atom. The van der Waals surface area contributed by atoms with Crippen LogP contribution in [0.3, 0.4) is 0 Å². The summed E-state index contributed by atoms with van der Waals surface area (Å²) in [7, 11) is 0. The highest BCUT2D eigenvalue weighted by molar-refractivity contribution is 5.81. The SMILES string of the molecule is CCOC(=O)/C=C\Cn1cccn1. The molecule has 0 aliphatic rings. The zero-order chi connectivity index (χ0) is 9.52. The smallest absolute Gasteiger partial charge is 0.330 e. The number of allylic oxidation sites excluding steroid dienone is 1. The molecule has 0 fully saturated rings. The standard InChI is InChI=1S/C9H12N2O2/c1-2-13-9(12)5-3-7-11-8-4-6-10-11/h3-6,8H,2,7H2,1H3/b5-3-. The summed E-state index contributed by atoms with van der Waals surface area (Å²) in [4.78, 5) is 10.8. The minimum atomic E-state index is -0.311. The summed E-state index contributed by atoms with van der Waals surface area (Å²) < 4.78 is 6.42. The Labute approximate surface area is 76.8 Å². The van der Waals surface area contributed by atoms with E-state index in [9.17, 15) is 4.79 Å². The minimum Gasteiger partial charge on any atom is -0.463 e. The molecular weight excluding hydrogens is 168 g/mol. The van der Waals surface area contributed by atoms with Crippen LogP contribution < -0.4 is 0 Å². The molecular formula is C9H12N2O2. The lowest BCUT2D eigenvalue weighted by atomic mass is 10.5. The quantitative estimate of drug-likeness (QED) is 0.513. The lowest BCUT2D eigenvalue weighted by Crippen LogP contribution is -2.00. The highest BCUT2D eigenvalue weighted by Gasteiger charge is 1.92. The van der Waals surface area contributed by atoms with Crippen LogP contribution in [0, 0.1) is 0 Å². The van der Waals surface area contributed by atoms with Crippen LogP contribution in [-0.2, 0) is 16.1 Å². The Morgan fingerprint density at radius 1 is 1.69 bits per heavy atom. The molecule has 1 rings (SSSR count). The molecule has 0 bridgehead atoms. The second kappa shape index (κ2) is 5.13. The van der Waals surface area contributed by atoms with Crippen LogP contribution in [0.25, 0.3) is 0 Å². The molecule has 4 nitrogen and oxygen atoms in total. The van der Waals surface area contributed by atoms with E-state index in [4.69, 9.17) is 4.74 Å². The van der Waals surface area contributed by atoms with Gasteiger partial charge in [-0.1, -0.05) is 6.08 Å². The van der Waals surface area contributed by atoms with E-state index in [1.165, 1.54) is 6.08 Å². The van der Waals surface area contributed by atoms with Crippen molar-refractivity contribution >= 4 is 5.97 Å². The molecule has 0 atom stereocenters. The van der Waals surface area contributed by atoms with Crippen LogP contribution in [0.4, 0.5) is 0 Å². The second-order valence-corrected chi connectivity index (χ2v) is 2.38. The van der Waals surface area contributed by atoms with E-state index in [1.807, 2.05) is 12.3 Å². The summed E-state index contributed by atoms with van der Waals surface area (Å²) in [6, 6.07) is 1.83. The van der Waals surface area contributed by atoms with Crippen LogP contribution in [0.2, 0.25) is 0 Å². The van der Waals surface area contributed by atoms with Crippen molar-refractivity contribution in [2.75, 3.05) is 6.61 Å². The maximum atomic E-state index is 10.8. The molecule has 0 aliphatic carbocycles. The fourth-order valence-electron chi connectivity index (χ4n) is 0.856. The maximum absolute atomic E-state index is 10.8.